The Morgan fingerprint density at radius 2 is 2.21 bits per heavy atom. The minimum atomic E-state index is 0.409. The molecule has 1 aliphatic carbocycles. The second kappa shape index (κ2) is 6.06. The van der Waals surface area contributed by atoms with Crippen LogP contribution in [-0.4, -0.2) is 30.6 Å². The van der Waals surface area contributed by atoms with Crippen LogP contribution in [0, 0.1) is 18.3 Å². The summed E-state index contributed by atoms with van der Waals surface area (Å²) >= 11 is 0. The first-order valence-corrected chi connectivity index (χ1v) is 5.69. The Hall–Kier alpha value is -0.520. The summed E-state index contributed by atoms with van der Waals surface area (Å²) in [6.45, 7) is 5.12. The van der Waals surface area contributed by atoms with E-state index < -0.39 is 0 Å². The SMILES string of the molecule is C#CCN(CCC)CCC(N)C1CC1. The number of hydrogen-bond acceptors (Lipinski definition) is 2. The van der Waals surface area contributed by atoms with Gasteiger partial charge in [-0.1, -0.05) is 12.8 Å². The molecule has 1 rings (SSSR count). The van der Waals surface area contributed by atoms with Crippen molar-refractivity contribution in [2.75, 3.05) is 19.6 Å². The third-order valence-corrected chi connectivity index (χ3v) is 2.86. The molecule has 0 spiro atoms. The fourth-order valence-corrected chi connectivity index (χ4v) is 1.81. The van der Waals surface area contributed by atoms with E-state index in [-0.39, 0.29) is 0 Å². The molecule has 0 aromatic heterocycles. The van der Waals surface area contributed by atoms with E-state index >= 15 is 0 Å². The topological polar surface area (TPSA) is 29.3 Å². The van der Waals surface area contributed by atoms with Gasteiger partial charge >= 0.3 is 0 Å². The molecule has 80 valence electrons. The van der Waals surface area contributed by atoms with Gasteiger partial charge in [0.25, 0.3) is 0 Å². The molecule has 1 atom stereocenters. The lowest BCUT2D eigenvalue weighted by Crippen LogP contribution is -2.32. The average molecular weight is 194 g/mol. The molecule has 1 saturated carbocycles. The van der Waals surface area contributed by atoms with Crippen LogP contribution in [0.3, 0.4) is 0 Å². The van der Waals surface area contributed by atoms with Gasteiger partial charge in [-0.15, -0.1) is 6.42 Å². The Labute approximate surface area is 87.8 Å². The first-order chi connectivity index (χ1) is 6.77. The van der Waals surface area contributed by atoms with Crippen LogP contribution in [-0.2, 0) is 0 Å². The van der Waals surface area contributed by atoms with Gasteiger partial charge in [0.1, 0.15) is 0 Å². The Kier molecular flexibility index (Phi) is 5.00. The monoisotopic (exact) mass is 194 g/mol. The van der Waals surface area contributed by atoms with E-state index in [2.05, 4.69) is 17.7 Å². The molecule has 0 amide bonds. The van der Waals surface area contributed by atoms with Crippen LogP contribution in [0.4, 0.5) is 0 Å². The van der Waals surface area contributed by atoms with Gasteiger partial charge in [0.05, 0.1) is 6.54 Å². The van der Waals surface area contributed by atoms with Gasteiger partial charge in [-0.05, 0) is 38.1 Å². The second-order valence-corrected chi connectivity index (χ2v) is 4.27. The van der Waals surface area contributed by atoms with Crippen molar-refractivity contribution in [3.63, 3.8) is 0 Å². The average Bonchev–Trinajstić information content (AvgIpc) is 2.97. The first-order valence-electron chi connectivity index (χ1n) is 5.69. The largest absolute Gasteiger partial charge is 0.327 e. The standard InChI is InChI=1S/C12H22N2/c1-3-8-14(9-4-2)10-7-12(13)11-5-6-11/h1,11-12H,4-10,13H2,2H3. The van der Waals surface area contributed by atoms with Crippen molar-refractivity contribution in [3.05, 3.63) is 0 Å². The third kappa shape index (κ3) is 4.13. The Bertz CT molecular complexity index is 191. The Balaban J connectivity index is 2.14. The van der Waals surface area contributed by atoms with Gasteiger partial charge in [0.15, 0.2) is 0 Å². The third-order valence-electron chi connectivity index (χ3n) is 2.86. The normalized spacial score (nSPS) is 18.1. The molecule has 0 aliphatic heterocycles. The molecule has 2 N–H and O–H groups in total. The highest BCUT2D eigenvalue weighted by molar-refractivity contribution is 4.89. The lowest BCUT2D eigenvalue weighted by atomic mass is 10.1. The minimum Gasteiger partial charge on any atom is -0.327 e. The summed E-state index contributed by atoms with van der Waals surface area (Å²) in [6.07, 6.45) is 10.3. The zero-order chi connectivity index (χ0) is 10.4. The zero-order valence-corrected chi connectivity index (χ0v) is 9.21. The number of nitrogens with zero attached hydrogens (tertiary/aromatic N) is 1. The summed E-state index contributed by atoms with van der Waals surface area (Å²) < 4.78 is 0. The van der Waals surface area contributed by atoms with E-state index in [1.807, 2.05) is 0 Å². The molecule has 0 saturated heterocycles. The van der Waals surface area contributed by atoms with E-state index in [0.29, 0.717) is 6.04 Å². The van der Waals surface area contributed by atoms with Gasteiger partial charge in [0, 0.05) is 12.6 Å². The van der Waals surface area contributed by atoms with Gasteiger partial charge in [0.2, 0.25) is 0 Å². The van der Waals surface area contributed by atoms with E-state index in [1.165, 1.54) is 19.3 Å². The van der Waals surface area contributed by atoms with Crippen molar-refractivity contribution in [2.45, 2.75) is 38.6 Å². The molecule has 0 aromatic rings. The summed E-state index contributed by atoms with van der Waals surface area (Å²) in [5.74, 6) is 3.52. The maximum absolute atomic E-state index is 6.04. The quantitative estimate of drug-likeness (QED) is 0.622. The lowest BCUT2D eigenvalue weighted by molar-refractivity contribution is 0.289. The summed E-state index contributed by atoms with van der Waals surface area (Å²) in [5, 5.41) is 0. The molecule has 1 fully saturated rings. The highest BCUT2D eigenvalue weighted by Crippen LogP contribution is 2.32. The van der Waals surface area contributed by atoms with Crippen molar-refractivity contribution in [3.8, 4) is 12.3 Å². The van der Waals surface area contributed by atoms with Crippen LogP contribution in [0.15, 0.2) is 0 Å². The molecule has 0 heterocycles. The van der Waals surface area contributed by atoms with E-state index in [1.54, 1.807) is 0 Å². The van der Waals surface area contributed by atoms with Crippen molar-refractivity contribution in [1.82, 2.24) is 4.90 Å². The molecule has 0 bridgehead atoms. The van der Waals surface area contributed by atoms with Crippen LogP contribution in [0.25, 0.3) is 0 Å². The van der Waals surface area contributed by atoms with Crippen LogP contribution in [0.5, 0.6) is 0 Å². The predicted molar refractivity (Wildman–Crippen MR) is 60.9 cm³/mol. The number of hydrogen-bond donors (Lipinski definition) is 1. The maximum Gasteiger partial charge on any atom is 0.0598 e. The molecule has 1 aliphatic rings. The fourth-order valence-electron chi connectivity index (χ4n) is 1.81. The number of nitrogens with two attached hydrogens (primary N) is 1. The summed E-state index contributed by atoms with van der Waals surface area (Å²) in [7, 11) is 0. The van der Waals surface area contributed by atoms with Crippen molar-refractivity contribution >= 4 is 0 Å². The molecule has 2 heteroatoms. The molecule has 0 aromatic carbocycles. The molecule has 2 nitrogen and oxygen atoms in total. The fraction of sp³-hybridized carbons (Fsp3) is 0.833. The van der Waals surface area contributed by atoms with Crippen molar-refractivity contribution in [2.24, 2.45) is 11.7 Å². The van der Waals surface area contributed by atoms with Crippen LogP contribution < -0.4 is 5.73 Å². The Morgan fingerprint density at radius 3 is 2.71 bits per heavy atom. The van der Waals surface area contributed by atoms with E-state index in [9.17, 15) is 0 Å². The molecular formula is C12H22N2. The van der Waals surface area contributed by atoms with E-state index in [4.69, 9.17) is 12.2 Å². The van der Waals surface area contributed by atoms with Gasteiger partial charge in [-0.3, -0.25) is 4.90 Å². The first kappa shape index (κ1) is 11.6. The van der Waals surface area contributed by atoms with Crippen molar-refractivity contribution < 1.29 is 0 Å². The lowest BCUT2D eigenvalue weighted by Gasteiger charge is -2.20. The summed E-state index contributed by atoms with van der Waals surface area (Å²) in [6, 6.07) is 0.409. The Morgan fingerprint density at radius 1 is 1.50 bits per heavy atom. The number of rotatable bonds is 7. The maximum atomic E-state index is 6.04. The van der Waals surface area contributed by atoms with Crippen molar-refractivity contribution in [1.29, 1.82) is 0 Å². The smallest absolute Gasteiger partial charge is 0.0598 e. The summed E-state index contributed by atoms with van der Waals surface area (Å²) in [5.41, 5.74) is 6.04. The zero-order valence-electron chi connectivity index (χ0n) is 9.21. The van der Waals surface area contributed by atoms with Crippen LogP contribution >= 0.6 is 0 Å². The molecule has 0 radical (unpaired) electrons. The molecular weight excluding hydrogens is 172 g/mol. The minimum absolute atomic E-state index is 0.409. The van der Waals surface area contributed by atoms with Gasteiger partial charge < -0.3 is 5.73 Å². The number of terminal acetylenes is 1. The highest BCUT2D eigenvalue weighted by atomic mass is 15.1. The van der Waals surface area contributed by atoms with Crippen LogP contribution in [0.2, 0.25) is 0 Å². The van der Waals surface area contributed by atoms with Gasteiger partial charge in [-0.25, -0.2) is 0 Å². The van der Waals surface area contributed by atoms with Crippen LogP contribution in [0.1, 0.15) is 32.6 Å². The second-order valence-electron chi connectivity index (χ2n) is 4.27. The molecule has 1 unspecified atom stereocenters. The van der Waals surface area contributed by atoms with E-state index in [0.717, 1.165) is 32.0 Å². The molecule has 14 heavy (non-hydrogen) atoms. The highest BCUT2D eigenvalue weighted by Gasteiger charge is 2.28. The predicted octanol–water partition coefficient (Wildman–Crippen LogP) is 1.46. The van der Waals surface area contributed by atoms with Gasteiger partial charge in [-0.2, -0.15) is 0 Å². The summed E-state index contributed by atoms with van der Waals surface area (Å²) in [4.78, 5) is 2.32.